The summed E-state index contributed by atoms with van der Waals surface area (Å²) < 4.78 is 65.4. The number of anilines is 1. The summed E-state index contributed by atoms with van der Waals surface area (Å²) in [4.78, 5) is -0.241. The van der Waals surface area contributed by atoms with Gasteiger partial charge in [0, 0.05) is 12.2 Å². The van der Waals surface area contributed by atoms with Crippen LogP contribution in [0.25, 0.3) is 0 Å². The fourth-order valence-electron chi connectivity index (χ4n) is 1.24. The Morgan fingerprint density at radius 1 is 1.35 bits per heavy atom. The maximum Gasteiger partial charge on any atom is 0.411 e. The second-order valence-electron chi connectivity index (χ2n) is 3.76. The molecule has 0 spiro atoms. The average molecular weight is 333 g/mol. The molecule has 0 unspecified atom stereocenters. The van der Waals surface area contributed by atoms with Crippen LogP contribution in [0.2, 0.25) is 5.02 Å². The van der Waals surface area contributed by atoms with Crippen molar-refractivity contribution in [3.8, 4) is 0 Å². The number of halogens is 4. The lowest BCUT2D eigenvalue weighted by atomic mass is 10.3. The van der Waals surface area contributed by atoms with Crippen LogP contribution in [0.1, 0.15) is 0 Å². The number of benzene rings is 1. The molecule has 3 N–H and O–H groups in total. The number of hydrogen-bond donors (Lipinski definition) is 2. The Morgan fingerprint density at radius 3 is 2.60 bits per heavy atom. The van der Waals surface area contributed by atoms with Crippen molar-refractivity contribution >= 4 is 27.3 Å². The van der Waals surface area contributed by atoms with Gasteiger partial charge in [-0.05, 0) is 18.2 Å². The molecule has 0 aliphatic rings. The van der Waals surface area contributed by atoms with E-state index < -0.39 is 29.4 Å². The number of nitrogen functional groups attached to an aromatic ring is 1. The fourth-order valence-corrected chi connectivity index (χ4v) is 2.79. The Labute approximate surface area is 118 Å². The van der Waals surface area contributed by atoms with Gasteiger partial charge < -0.3 is 10.5 Å². The third-order valence-electron chi connectivity index (χ3n) is 2.05. The van der Waals surface area contributed by atoms with Crippen molar-refractivity contribution in [3.63, 3.8) is 0 Å². The molecule has 0 fully saturated rings. The highest BCUT2D eigenvalue weighted by Gasteiger charge is 2.27. The molecule has 0 saturated heterocycles. The second kappa shape index (κ2) is 6.61. The van der Waals surface area contributed by atoms with Crippen molar-refractivity contribution < 1.29 is 26.3 Å². The molecule has 0 amide bonds. The molecule has 0 saturated carbocycles. The predicted molar refractivity (Wildman–Crippen MR) is 67.9 cm³/mol. The Balaban J connectivity index is 2.56. The van der Waals surface area contributed by atoms with E-state index in [9.17, 15) is 21.6 Å². The van der Waals surface area contributed by atoms with Crippen molar-refractivity contribution in [2.24, 2.45) is 0 Å². The van der Waals surface area contributed by atoms with E-state index in [1.54, 1.807) is 0 Å². The van der Waals surface area contributed by atoms with Gasteiger partial charge in [0.25, 0.3) is 0 Å². The molecular formula is C10H12ClF3N2O3S. The predicted octanol–water partition coefficient (Wildman–Crippen LogP) is 1.78. The first kappa shape index (κ1) is 17.0. The molecule has 0 aromatic heterocycles. The second-order valence-corrected chi connectivity index (χ2v) is 5.90. The van der Waals surface area contributed by atoms with Gasteiger partial charge in [-0.25, -0.2) is 13.1 Å². The van der Waals surface area contributed by atoms with Crippen LogP contribution in [0.15, 0.2) is 23.1 Å². The van der Waals surface area contributed by atoms with Crippen molar-refractivity contribution in [2.45, 2.75) is 11.1 Å². The molecule has 0 aliphatic heterocycles. The minimum absolute atomic E-state index is 0.0390. The van der Waals surface area contributed by atoms with Crippen LogP contribution < -0.4 is 10.5 Å². The number of nitrogens with two attached hydrogens (primary N) is 1. The van der Waals surface area contributed by atoms with E-state index in [0.717, 1.165) is 6.07 Å². The van der Waals surface area contributed by atoms with Crippen LogP contribution >= 0.6 is 11.6 Å². The molecule has 0 radical (unpaired) electrons. The van der Waals surface area contributed by atoms with Crippen molar-refractivity contribution in [3.05, 3.63) is 23.2 Å². The number of nitrogens with one attached hydrogen (secondary N) is 1. The Kier molecular flexibility index (Phi) is 5.63. The molecule has 114 valence electrons. The molecule has 0 aliphatic carbocycles. The van der Waals surface area contributed by atoms with E-state index >= 15 is 0 Å². The molecule has 10 heteroatoms. The topological polar surface area (TPSA) is 81.4 Å². The standard InChI is InChI=1S/C10H12ClF3N2O3S/c11-8-2-1-7(15)5-9(8)20(17,18)16-3-4-19-6-10(12,13)14/h1-2,5,16H,3-4,6,15H2. The number of hydrogen-bond acceptors (Lipinski definition) is 4. The highest BCUT2D eigenvalue weighted by Crippen LogP contribution is 2.23. The van der Waals surface area contributed by atoms with E-state index in [4.69, 9.17) is 17.3 Å². The van der Waals surface area contributed by atoms with E-state index in [0.29, 0.717) is 0 Å². The van der Waals surface area contributed by atoms with Gasteiger partial charge in [0.05, 0.1) is 11.6 Å². The molecule has 0 heterocycles. The van der Waals surface area contributed by atoms with Crippen LogP contribution in [-0.4, -0.2) is 34.4 Å². The van der Waals surface area contributed by atoms with Crippen LogP contribution in [0, 0.1) is 0 Å². The number of alkyl halides is 3. The zero-order valence-corrected chi connectivity index (χ0v) is 11.6. The fraction of sp³-hybridized carbons (Fsp3) is 0.400. The van der Waals surface area contributed by atoms with Gasteiger partial charge in [0.15, 0.2) is 0 Å². The number of rotatable bonds is 6. The molecule has 1 aromatic rings. The molecule has 0 atom stereocenters. The third-order valence-corrected chi connectivity index (χ3v) is 3.99. The summed E-state index contributed by atoms with van der Waals surface area (Å²) in [6.07, 6.45) is -4.45. The number of sulfonamides is 1. The monoisotopic (exact) mass is 332 g/mol. The molecule has 1 rings (SSSR count). The first-order valence-corrected chi connectivity index (χ1v) is 7.17. The quantitative estimate of drug-likeness (QED) is 0.614. The summed E-state index contributed by atoms with van der Waals surface area (Å²) in [5, 5.41) is -0.0390. The van der Waals surface area contributed by atoms with Crippen LogP contribution in [-0.2, 0) is 14.8 Å². The van der Waals surface area contributed by atoms with Crippen LogP contribution in [0.5, 0.6) is 0 Å². The molecule has 20 heavy (non-hydrogen) atoms. The van der Waals surface area contributed by atoms with E-state index in [2.05, 4.69) is 9.46 Å². The van der Waals surface area contributed by atoms with Crippen LogP contribution in [0.4, 0.5) is 18.9 Å². The van der Waals surface area contributed by atoms with Gasteiger partial charge in [0.1, 0.15) is 11.5 Å². The lowest BCUT2D eigenvalue weighted by molar-refractivity contribution is -0.173. The summed E-state index contributed by atoms with van der Waals surface area (Å²) in [7, 11) is -3.95. The normalized spacial score (nSPS) is 12.6. The lowest BCUT2D eigenvalue weighted by Crippen LogP contribution is -2.29. The van der Waals surface area contributed by atoms with Gasteiger partial charge in [-0.3, -0.25) is 0 Å². The first-order chi connectivity index (χ1) is 9.12. The van der Waals surface area contributed by atoms with Crippen molar-refractivity contribution in [1.82, 2.24) is 4.72 Å². The van der Waals surface area contributed by atoms with Gasteiger partial charge >= 0.3 is 6.18 Å². The van der Waals surface area contributed by atoms with Crippen molar-refractivity contribution in [2.75, 3.05) is 25.5 Å². The SMILES string of the molecule is Nc1ccc(Cl)c(S(=O)(=O)NCCOCC(F)(F)F)c1. The Hall–Kier alpha value is -1.03. The largest absolute Gasteiger partial charge is 0.411 e. The molecule has 0 bridgehead atoms. The summed E-state index contributed by atoms with van der Waals surface area (Å²) in [5.41, 5.74) is 5.65. The third kappa shape index (κ3) is 5.53. The van der Waals surface area contributed by atoms with E-state index in [1.165, 1.54) is 12.1 Å². The zero-order valence-electron chi connectivity index (χ0n) is 10.1. The van der Waals surface area contributed by atoms with E-state index in [-0.39, 0.29) is 22.2 Å². The van der Waals surface area contributed by atoms with Gasteiger partial charge in [0.2, 0.25) is 10.0 Å². The number of ether oxygens (including phenoxy) is 1. The lowest BCUT2D eigenvalue weighted by Gasteiger charge is -2.10. The molecular weight excluding hydrogens is 321 g/mol. The summed E-state index contributed by atoms with van der Waals surface area (Å²) in [6.45, 7) is -2.17. The van der Waals surface area contributed by atoms with Gasteiger partial charge in [-0.1, -0.05) is 11.6 Å². The van der Waals surface area contributed by atoms with Gasteiger partial charge in [-0.15, -0.1) is 0 Å². The smallest absolute Gasteiger partial charge is 0.399 e. The summed E-state index contributed by atoms with van der Waals surface area (Å²) in [5.74, 6) is 0. The minimum atomic E-state index is -4.45. The first-order valence-electron chi connectivity index (χ1n) is 5.31. The Bertz CT molecular complexity index is 563. The molecule has 1 aromatic carbocycles. The average Bonchev–Trinajstić information content (AvgIpc) is 2.30. The molecule has 5 nitrogen and oxygen atoms in total. The summed E-state index contributed by atoms with van der Waals surface area (Å²) >= 11 is 5.73. The van der Waals surface area contributed by atoms with Crippen LogP contribution in [0.3, 0.4) is 0 Å². The highest BCUT2D eigenvalue weighted by molar-refractivity contribution is 7.89. The maximum absolute atomic E-state index is 11.8. The van der Waals surface area contributed by atoms with Gasteiger partial charge in [-0.2, -0.15) is 13.2 Å². The highest BCUT2D eigenvalue weighted by atomic mass is 35.5. The van der Waals surface area contributed by atoms with Crippen molar-refractivity contribution in [1.29, 1.82) is 0 Å². The zero-order chi connectivity index (χ0) is 15.4. The maximum atomic E-state index is 11.8. The minimum Gasteiger partial charge on any atom is -0.399 e. The summed E-state index contributed by atoms with van der Waals surface area (Å²) in [6, 6.07) is 3.89. The Morgan fingerprint density at radius 2 is 2.00 bits per heavy atom. The van der Waals surface area contributed by atoms with E-state index in [1.807, 2.05) is 0 Å².